The quantitative estimate of drug-likeness (QED) is 0.585. The molecule has 1 aliphatic carbocycles. The zero-order chi connectivity index (χ0) is 13.9. The van der Waals surface area contributed by atoms with Crippen LogP contribution < -0.4 is 5.32 Å². The summed E-state index contributed by atoms with van der Waals surface area (Å²) in [4.78, 5) is 10.6. The van der Waals surface area contributed by atoms with Crippen LogP contribution in [0.2, 0.25) is 0 Å². The lowest BCUT2D eigenvalue weighted by atomic mass is 10.0. The van der Waals surface area contributed by atoms with Gasteiger partial charge in [0.1, 0.15) is 0 Å². The Morgan fingerprint density at radius 2 is 2.16 bits per heavy atom. The number of aliphatic hydroxyl groups is 1. The molecule has 0 spiro atoms. The molecule has 1 fully saturated rings. The average Bonchev–Trinajstić information content (AvgIpc) is 3.17. The predicted molar refractivity (Wildman–Crippen MR) is 72.9 cm³/mol. The maximum Gasteiger partial charge on any atom is 0.274 e. The van der Waals surface area contributed by atoms with E-state index in [2.05, 4.69) is 5.32 Å². The minimum Gasteiger partial charge on any atom is -0.396 e. The summed E-state index contributed by atoms with van der Waals surface area (Å²) < 4.78 is 0. The molecule has 104 valence electrons. The second kappa shape index (κ2) is 5.67. The maximum atomic E-state index is 11.0. The molecular weight excluding hydrogens is 244 g/mol. The van der Waals surface area contributed by atoms with Crippen molar-refractivity contribution in [1.29, 1.82) is 0 Å². The van der Waals surface area contributed by atoms with E-state index in [4.69, 9.17) is 5.11 Å². The largest absolute Gasteiger partial charge is 0.396 e. The van der Waals surface area contributed by atoms with Crippen molar-refractivity contribution in [3.8, 4) is 0 Å². The first kappa shape index (κ1) is 14.0. The highest BCUT2D eigenvalue weighted by atomic mass is 16.6. The lowest BCUT2D eigenvalue weighted by Gasteiger charge is -2.19. The third-order valence-corrected chi connectivity index (χ3v) is 3.98. The van der Waals surface area contributed by atoms with Gasteiger partial charge in [-0.25, -0.2) is 0 Å². The fourth-order valence-electron chi connectivity index (χ4n) is 2.43. The lowest BCUT2D eigenvalue weighted by Crippen LogP contribution is -2.27. The molecule has 19 heavy (non-hydrogen) atoms. The van der Waals surface area contributed by atoms with E-state index in [9.17, 15) is 10.1 Å². The number of para-hydroxylation sites is 1. The first-order valence-electron chi connectivity index (χ1n) is 6.65. The predicted octanol–water partition coefficient (Wildman–Crippen LogP) is 2.41. The zero-order valence-electron chi connectivity index (χ0n) is 11.1. The minimum absolute atomic E-state index is 0.0576. The van der Waals surface area contributed by atoms with Crippen molar-refractivity contribution in [3.63, 3.8) is 0 Å². The number of aliphatic hydroxyl groups excluding tert-OH is 1. The average molecular weight is 264 g/mol. The highest BCUT2D eigenvalue weighted by Gasteiger charge is 2.41. The van der Waals surface area contributed by atoms with E-state index in [-0.39, 0.29) is 28.7 Å². The van der Waals surface area contributed by atoms with Crippen LogP contribution in [-0.4, -0.2) is 23.2 Å². The van der Waals surface area contributed by atoms with E-state index in [1.807, 2.05) is 13.0 Å². The Bertz CT molecular complexity index is 458. The Morgan fingerprint density at radius 1 is 1.47 bits per heavy atom. The molecule has 1 saturated carbocycles. The van der Waals surface area contributed by atoms with Gasteiger partial charge in [-0.1, -0.05) is 18.2 Å². The summed E-state index contributed by atoms with van der Waals surface area (Å²) in [6.07, 6.45) is 3.07. The van der Waals surface area contributed by atoms with E-state index in [1.54, 1.807) is 12.1 Å². The fourth-order valence-corrected chi connectivity index (χ4v) is 2.43. The Labute approximate surface area is 112 Å². The Balaban J connectivity index is 2.00. The molecule has 1 aromatic carbocycles. The number of nitrogens with zero attached hydrogens (tertiary/aromatic N) is 1. The first-order chi connectivity index (χ1) is 9.08. The molecule has 0 saturated heterocycles. The zero-order valence-corrected chi connectivity index (χ0v) is 11.1. The van der Waals surface area contributed by atoms with Crippen LogP contribution in [0.15, 0.2) is 24.3 Å². The standard InChI is InChI=1S/C14H20N2O3/c1-11(15-10-14(6-7-14)8-9-17)12-4-2-3-5-13(12)16(18)19/h2-5,11,15,17H,6-10H2,1H3. The van der Waals surface area contributed by atoms with Gasteiger partial charge in [0.25, 0.3) is 5.69 Å². The van der Waals surface area contributed by atoms with Gasteiger partial charge in [0, 0.05) is 30.8 Å². The van der Waals surface area contributed by atoms with Crippen molar-refractivity contribution in [2.75, 3.05) is 13.2 Å². The van der Waals surface area contributed by atoms with Gasteiger partial charge in [-0.05, 0) is 31.6 Å². The second-order valence-electron chi connectivity index (χ2n) is 5.39. The van der Waals surface area contributed by atoms with Crippen LogP contribution >= 0.6 is 0 Å². The Kier molecular flexibility index (Phi) is 4.17. The fraction of sp³-hybridized carbons (Fsp3) is 0.571. The molecule has 0 aliphatic heterocycles. The minimum atomic E-state index is -0.339. The molecule has 5 heteroatoms. The van der Waals surface area contributed by atoms with Crippen LogP contribution in [0.5, 0.6) is 0 Å². The molecule has 2 rings (SSSR count). The van der Waals surface area contributed by atoms with Gasteiger partial charge in [0.2, 0.25) is 0 Å². The highest BCUT2D eigenvalue weighted by molar-refractivity contribution is 5.41. The maximum absolute atomic E-state index is 11.0. The summed E-state index contributed by atoms with van der Waals surface area (Å²) in [5.74, 6) is 0. The topological polar surface area (TPSA) is 75.4 Å². The van der Waals surface area contributed by atoms with Crippen molar-refractivity contribution in [1.82, 2.24) is 5.32 Å². The van der Waals surface area contributed by atoms with Crippen LogP contribution in [0, 0.1) is 15.5 Å². The molecule has 1 atom stereocenters. The van der Waals surface area contributed by atoms with Crippen molar-refractivity contribution in [2.45, 2.75) is 32.2 Å². The van der Waals surface area contributed by atoms with Crippen LogP contribution in [0.1, 0.15) is 37.8 Å². The SMILES string of the molecule is CC(NCC1(CCO)CC1)c1ccccc1[N+](=O)[O-]. The van der Waals surface area contributed by atoms with Crippen molar-refractivity contribution in [2.24, 2.45) is 5.41 Å². The Morgan fingerprint density at radius 3 is 2.74 bits per heavy atom. The normalized spacial score (nSPS) is 18.0. The molecule has 0 bridgehead atoms. The summed E-state index contributed by atoms with van der Waals surface area (Å²) in [5.41, 5.74) is 1.09. The molecule has 0 radical (unpaired) electrons. The molecule has 0 heterocycles. The third-order valence-electron chi connectivity index (χ3n) is 3.98. The van der Waals surface area contributed by atoms with E-state index in [1.165, 1.54) is 6.07 Å². The number of rotatable bonds is 7. The number of nitro benzene ring substituents is 1. The number of hydrogen-bond acceptors (Lipinski definition) is 4. The van der Waals surface area contributed by atoms with Crippen LogP contribution in [0.25, 0.3) is 0 Å². The Hall–Kier alpha value is -1.46. The molecule has 5 nitrogen and oxygen atoms in total. The van der Waals surface area contributed by atoms with E-state index >= 15 is 0 Å². The molecular formula is C14H20N2O3. The third kappa shape index (κ3) is 3.30. The molecule has 0 amide bonds. The summed E-state index contributed by atoms with van der Waals surface area (Å²) in [6, 6.07) is 6.77. The summed E-state index contributed by atoms with van der Waals surface area (Å²) in [6.45, 7) is 2.96. The number of benzene rings is 1. The van der Waals surface area contributed by atoms with E-state index in [0.29, 0.717) is 5.56 Å². The van der Waals surface area contributed by atoms with Crippen molar-refractivity contribution >= 4 is 5.69 Å². The lowest BCUT2D eigenvalue weighted by molar-refractivity contribution is -0.385. The summed E-state index contributed by atoms with van der Waals surface area (Å²) >= 11 is 0. The molecule has 2 N–H and O–H groups in total. The van der Waals surface area contributed by atoms with Gasteiger partial charge < -0.3 is 10.4 Å². The van der Waals surface area contributed by atoms with Gasteiger partial charge in [-0.15, -0.1) is 0 Å². The number of nitrogens with one attached hydrogen (secondary N) is 1. The summed E-state index contributed by atoms with van der Waals surface area (Å²) in [7, 11) is 0. The van der Waals surface area contributed by atoms with Crippen LogP contribution in [0.3, 0.4) is 0 Å². The van der Waals surface area contributed by atoms with Gasteiger partial charge in [0.15, 0.2) is 0 Å². The molecule has 1 aliphatic rings. The van der Waals surface area contributed by atoms with Crippen molar-refractivity contribution < 1.29 is 10.0 Å². The molecule has 1 unspecified atom stereocenters. The van der Waals surface area contributed by atoms with Gasteiger partial charge in [-0.2, -0.15) is 0 Å². The van der Waals surface area contributed by atoms with Crippen LogP contribution in [0.4, 0.5) is 5.69 Å². The smallest absolute Gasteiger partial charge is 0.274 e. The number of hydrogen-bond donors (Lipinski definition) is 2. The number of nitro groups is 1. The van der Waals surface area contributed by atoms with Gasteiger partial charge in [0.05, 0.1) is 4.92 Å². The van der Waals surface area contributed by atoms with Gasteiger partial charge in [-0.3, -0.25) is 10.1 Å². The highest BCUT2D eigenvalue weighted by Crippen LogP contribution is 2.48. The first-order valence-corrected chi connectivity index (χ1v) is 6.65. The van der Waals surface area contributed by atoms with E-state index in [0.717, 1.165) is 25.8 Å². The molecule has 1 aromatic rings. The van der Waals surface area contributed by atoms with Crippen molar-refractivity contribution in [3.05, 3.63) is 39.9 Å². The molecule has 0 aromatic heterocycles. The van der Waals surface area contributed by atoms with E-state index < -0.39 is 0 Å². The van der Waals surface area contributed by atoms with Gasteiger partial charge >= 0.3 is 0 Å². The van der Waals surface area contributed by atoms with Crippen LogP contribution in [-0.2, 0) is 0 Å². The monoisotopic (exact) mass is 264 g/mol. The summed E-state index contributed by atoms with van der Waals surface area (Å²) in [5, 5.41) is 23.4. The second-order valence-corrected chi connectivity index (χ2v) is 5.39.